The van der Waals surface area contributed by atoms with Crippen LogP contribution in [0.1, 0.15) is 47.0 Å². The lowest BCUT2D eigenvalue weighted by Crippen LogP contribution is -2.54. The maximum Gasteiger partial charge on any atom is 0.0659 e. The molecule has 2 N–H and O–H groups in total. The van der Waals surface area contributed by atoms with Crippen LogP contribution >= 0.6 is 0 Å². The lowest BCUT2D eigenvalue weighted by molar-refractivity contribution is 0.112. The summed E-state index contributed by atoms with van der Waals surface area (Å²) in [5.74, 6) is 0.696. The van der Waals surface area contributed by atoms with Gasteiger partial charge in [0.25, 0.3) is 0 Å². The van der Waals surface area contributed by atoms with Crippen molar-refractivity contribution in [3.05, 3.63) is 0 Å². The zero-order valence-electron chi connectivity index (χ0n) is 12.0. The third-order valence-electron chi connectivity index (χ3n) is 3.71. The topological polar surface area (TPSA) is 38.5 Å². The monoisotopic (exact) mass is 242 g/mol. The lowest BCUT2D eigenvalue weighted by atomic mass is 9.96. The van der Waals surface area contributed by atoms with Crippen LogP contribution in [0.4, 0.5) is 0 Å². The van der Waals surface area contributed by atoms with E-state index in [9.17, 15) is 0 Å². The standard InChI is InChI=1S/C14H30N2O/c1-5-13(6-2)16(9-12(3)4)10-14(15)7-8-17-11-14/h12-13H,5-11,15H2,1-4H3. The molecule has 3 heteroatoms. The van der Waals surface area contributed by atoms with Crippen LogP contribution in [0, 0.1) is 5.92 Å². The largest absolute Gasteiger partial charge is 0.379 e. The van der Waals surface area contributed by atoms with E-state index < -0.39 is 0 Å². The summed E-state index contributed by atoms with van der Waals surface area (Å²) < 4.78 is 5.46. The van der Waals surface area contributed by atoms with Crippen molar-refractivity contribution in [3.63, 3.8) is 0 Å². The molecule has 17 heavy (non-hydrogen) atoms. The Hall–Kier alpha value is -0.120. The highest BCUT2D eigenvalue weighted by molar-refractivity contribution is 4.92. The fourth-order valence-corrected chi connectivity index (χ4v) is 2.77. The van der Waals surface area contributed by atoms with Crippen molar-refractivity contribution in [1.29, 1.82) is 0 Å². The quantitative estimate of drug-likeness (QED) is 0.744. The Morgan fingerprint density at radius 1 is 1.29 bits per heavy atom. The summed E-state index contributed by atoms with van der Waals surface area (Å²) in [6, 6.07) is 0.665. The Bertz CT molecular complexity index is 208. The molecule has 0 radical (unpaired) electrons. The van der Waals surface area contributed by atoms with E-state index in [-0.39, 0.29) is 5.54 Å². The third kappa shape index (κ3) is 4.57. The Balaban J connectivity index is 2.61. The van der Waals surface area contributed by atoms with Gasteiger partial charge in [0.2, 0.25) is 0 Å². The number of nitrogens with two attached hydrogens (primary N) is 1. The maximum absolute atomic E-state index is 6.42. The highest BCUT2D eigenvalue weighted by Crippen LogP contribution is 2.21. The summed E-state index contributed by atoms with van der Waals surface area (Å²) in [5.41, 5.74) is 6.30. The molecule has 102 valence electrons. The summed E-state index contributed by atoms with van der Waals surface area (Å²) in [7, 11) is 0. The average Bonchev–Trinajstić information content (AvgIpc) is 2.65. The van der Waals surface area contributed by atoms with E-state index in [4.69, 9.17) is 10.5 Å². The summed E-state index contributed by atoms with van der Waals surface area (Å²) >= 11 is 0. The van der Waals surface area contributed by atoms with Gasteiger partial charge in [0.15, 0.2) is 0 Å². The second-order valence-electron chi connectivity index (χ2n) is 5.96. The van der Waals surface area contributed by atoms with Crippen LogP contribution in [-0.4, -0.2) is 42.8 Å². The number of hydrogen-bond donors (Lipinski definition) is 1. The molecule has 1 aliphatic heterocycles. The van der Waals surface area contributed by atoms with Gasteiger partial charge in [-0.2, -0.15) is 0 Å². The Kier molecular flexibility index (Phi) is 5.90. The Labute approximate surface area is 107 Å². The smallest absolute Gasteiger partial charge is 0.0659 e. The van der Waals surface area contributed by atoms with Crippen LogP contribution in [0.5, 0.6) is 0 Å². The van der Waals surface area contributed by atoms with E-state index in [1.165, 1.54) is 12.8 Å². The minimum Gasteiger partial charge on any atom is -0.379 e. The van der Waals surface area contributed by atoms with Gasteiger partial charge in [-0.25, -0.2) is 0 Å². The van der Waals surface area contributed by atoms with Crippen LogP contribution in [0.2, 0.25) is 0 Å². The molecule has 1 saturated heterocycles. The van der Waals surface area contributed by atoms with Crippen LogP contribution in [0.3, 0.4) is 0 Å². The van der Waals surface area contributed by atoms with Gasteiger partial charge in [0.1, 0.15) is 0 Å². The molecule has 0 aromatic rings. The minimum atomic E-state index is -0.114. The molecule has 1 heterocycles. The first kappa shape index (κ1) is 14.9. The fourth-order valence-electron chi connectivity index (χ4n) is 2.77. The van der Waals surface area contributed by atoms with E-state index in [0.717, 1.165) is 32.7 Å². The van der Waals surface area contributed by atoms with Gasteiger partial charge in [-0.1, -0.05) is 27.7 Å². The Morgan fingerprint density at radius 3 is 2.35 bits per heavy atom. The highest BCUT2D eigenvalue weighted by Gasteiger charge is 2.34. The molecule has 1 aliphatic rings. The zero-order chi connectivity index (χ0) is 12.9. The van der Waals surface area contributed by atoms with E-state index >= 15 is 0 Å². The summed E-state index contributed by atoms with van der Waals surface area (Å²) in [6.07, 6.45) is 3.42. The number of ether oxygens (including phenoxy) is 1. The van der Waals surface area contributed by atoms with E-state index in [1.54, 1.807) is 0 Å². The molecule has 0 spiro atoms. The number of rotatable bonds is 7. The van der Waals surface area contributed by atoms with Crippen LogP contribution in [0.25, 0.3) is 0 Å². The molecular formula is C14H30N2O. The van der Waals surface area contributed by atoms with E-state index in [2.05, 4.69) is 32.6 Å². The van der Waals surface area contributed by atoms with Crippen molar-refractivity contribution >= 4 is 0 Å². The van der Waals surface area contributed by atoms with Crippen molar-refractivity contribution in [2.75, 3.05) is 26.3 Å². The van der Waals surface area contributed by atoms with Gasteiger partial charge in [0, 0.05) is 25.7 Å². The lowest BCUT2D eigenvalue weighted by Gasteiger charge is -2.37. The number of hydrogen-bond acceptors (Lipinski definition) is 3. The van der Waals surface area contributed by atoms with Gasteiger partial charge in [-0.3, -0.25) is 4.90 Å². The fraction of sp³-hybridized carbons (Fsp3) is 1.00. The summed E-state index contributed by atoms with van der Waals surface area (Å²) in [6.45, 7) is 12.8. The molecule has 1 fully saturated rings. The predicted molar refractivity (Wildman–Crippen MR) is 73.1 cm³/mol. The first-order chi connectivity index (χ1) is 8.00. The SMILES string of the molecule is CCC(CC)N(CC(C)C)CC1(N)CCOC1. The van der Waals surface area contributed by atoms with Crippen LogP contribution in [-0.2, 0) is 4.74 Å². The maximum atomic E-state index is 6.42. The molecule has 0 amide bonds. The van der Waals surface area contributed by atoms with E-state index in [0.29, 0.717) is 12.0 Å². The Morgan fingerprint density at radius 2 is 1.94 bits per heavy atom. The van der Waals surface area contributed by atoms with Gasteiger partial charge in [0.05, 0.1) is 12.1 Å². The molecule has 3 nitrogen and oxygen atoms in total. The molecule has 1 atom stereocenters. The molecule has 0 saturated carbocycles. The van der Waals surface area contributed by atoms with Crippen molar-refractivity contribution in [3.8, 4) is 0 Å². The van der Waals surface area contributed by atoms with E-state index in [1.807, 2.05) is 0 Å². The molecular weight excluding hydrogens is 212 g/mol. The van der Waals surface area contributed by atoms with Gasteiger partial charge in [-0.15, -0.1) is 0 Å². The van der Waals surface area contributed by atoms with Crippen molar-refractivity contribution in [2.24, 2.45) is 11.7 Å². The second kappa shape index (κ2) is 6.72. The highest BCUT2D eigenvalue weighted by atomic mass is 16.5. The summed E-state index contributed by atoms with van der Waals surface area (Å²) in [5, 5.41) is 0. The van der Waals surface area contributed by atoms with Gasteiger partial charge < -0.3 is 10.5 Å². The van der Waals surface area contributed by atoms with Crippen LogP contribution < -0.4 is 5.73 Å². The second-order valence-corrected chi connectivity index (χ2v) is 5.96. The predicted octanol–water partition coefficient (Wildman–Crippen LogP) is 2.25. The molecule has 0 aromatic carbocycles. The first-order valence-corrected chi connectivity index (χ1v) is 7.11. The molecule has 0 bridgehead atoms. The van der Waals surface area contributed by atoms with Gasteiger partial charge >= 0.3 is 0 Å². The first-order valence-electron chi connectivity index (χ1n) is 7.11. The minimum absolute atomic E-state index is 0.114. The average molecular weight is 242 g/mol. The molecule has 0 aliphatic carbocycles. The number of nitrogens with zero attached hydrogens (tertiary/aromatic N) is 1. The molecule has 1 unspecified atom stereocenters. The van der Waals surface area contributed by atoms with Crippen molar-refractivity contribution < 1.29 is 4.74 Å². The van der Waals surface area contributed by atoms with Crippen LogP contribution in [0.15, 0.2) is 0 Å². The van der Waals surface area contributed by atoms with Gasteiger partial charge in [-0.05, 0) is 25.2 Å². The van der Waals surface area contributed by atoms with Crippen molar-refractivity contribution in [1.82, 2.24) is 4.90 Å². The molecule has 0 aromatic heterocycles. The summed E-state index contributed by atoms with van der Waals surface area (Å²) in [4.78, 5) is 2.58. The molecule has 1 rings (SSSR count). The third-order valence-corrected chi connectivity index (χ3v) is 3.71. The zero-order valence-corrected chi connectivity index (χ0v) is 12.0. The normalized spacial score (nSPS) is 25.4. The van der Waals surface area contributed by atoms with Crippen molar-refractivity contribution in [2.45, 2.75) is 58.5 Å².